The van der Waals surface area contributed by atoms with Gasteiger partial charge in [0, 0.05) is 0 Å². The van der Waals surface area contributed by atoms with Gasteiger partial charge in [0.05, 0.1) is 5.41 Å². The van der Waals surface area contributed by atoms with E-state index in [1.165, 1.54) is 18.4 Å². The van der Waals surface area contributed by atoms with Crippen LogP contribution in [0.25, 0.3) is 0 Å². The Bertz CT molecular complexity index is 391. The Morgan fingerprint density at radius 2 is 1.93 bits per heavy atom. The summed E-state index contributed by atoms with van der Waals surface area (Å²) in [5.41, 5.74) is 1.15. The average Bonchev–Trinajstić information content (AvgIpc) is 3.12. The molecule has 78 valence electrons. The number of Topliss-reactive ketones (excluding diaryl/α,β-unsaturated/α-hetero) is 1. The molecule has 0 heterocycles. The molecule has 0 aliphatic heterocycles. The second-order valence-electron chi connectivity index (χ2n) is 5.04. The summed E-state index contributed by atoms with van der Waals surface area (Å²) in [4.78, 5) is 11.9. The third-order valence-electron chi connectivity index (χ3n) is 4.12. The van der Waals surface area contributed by atoms with Crippen LogP contribution in [-0.2, 0) is 10.2 Å². The number of ketones is 1. The highest BCUT2D eigenvalue weighted by atomic mass is 16.1. The molecule has 0 radical (unpaired) electrons. The van der Waals surface area contributed by atoms with E-state index in [-0.39, 0.29) is 5.41 Å². The molecular weight excluding hydrogens is 184 g/mol. The quantitative estimate of drug-likeness (QED) is 0.733. The summed E-state index contributed by atoms with van der Waals surface area (Å²) in [7, 11) is 0. The minimum Gasteiger partial charge on any atom is -0.299 e. The molecule has 2 fully saturated rings. The smallest absolute Gasteiger partial charge is 0.140 e. The molecule has 2 aliphatic carbocycles. The van der Waals surface area contributed by atoms with Crippen LogP contribution in [0.2, 0.25) is 0 Å². The van der Waals surface area contributed by atoms with Crippen LogP contribution in [0.5, 0.6) is 0 Å². The number of rotatable bonds is 3. The van der Waals surface area contributed by atoms with Crippen molar-refractivity contribution in [1.82, 2.24) is 0 Å². The molecule has 1 aromatic rings. The SMILES string of the molecule is CC(=O)C1(c2ccccc2)CC1C1CC1. The molecule has 15 heavy (non-hydrogen) atoms. The largest absolute Gasteiger partial charge is 0.299 e. The first-order valence-corrected chi connectivity index (χ1v) is 5.82. The third kappa shape index (κ3) is 1.26. The molecule has 0 amide bonds. The Morgan fingerprint density at radius 3 is 2.47 bits per heavy atom. The maximum Gasteiger partial charge on any atom is 0.140 e. The molecule has 0 aromatic heterocycles. The molecular formula is C14H16O. The lowest BCUT2D eigenvalue weighted by Gasteiger charge is -2.14. The summed E-state index contributed by atoms with van der Waals surface area (Å²) in [6, 6.07) is 10.3. The fourth-order valence-corrected chi connectivity index (χ4v) is 3.03. The normalized spacial score (nSPS) is 33.8. The van der Waals surface area contributed by atoms with Gasteiger partial charge >= 0.3 is 0 Å². The fraction of sp³-hybridized carbons (Fsp3) is 0.500. The first-order chi connectivity index (χ1) is 7.25. The molecule has 1 heteroatoms. The zero-order valence-electron chi connectivity index (χ0n) is 9.07. The van der Waals surface area contributed by atoms with Crippen LogP contribution in [0.4, 0.5) is 0 Å². The van der Waals surface area contributed by atoms with Crippen molar-refractivity contribution in [2.45, 2.75) is 31.6 Å². The van der Waals surface area contributed by atoms with Gasteiger partial charge in [-0.05, 0) is 43.6 Å². The third-order valence-corrected chi connectivity index (χ3v) is 4.12. The van der Waals surface area contributed by atoms with Gasteiger partial charge < -0.3 is 0 Å². The molecule has 3 rings (SSSR count). The van der Waals surface area contributed by atoms with Crippen molar-refractivity contribution >= 4 is 5.78 Å². The van der Waals surface area contributed by atoms with E-state index in [0.29, 0.717) is 11.7 Å². The van der Waals surface area contributed by atoms with Crippen molar-refractivity contribution in [2.24, 2.45) is 11.8 Å². The topological polar surface area (TPSA) is 17.1 Å². The van der Waals surface area contributed by atoms with E-state index in [1.54, 1.807) is 6.92 Å². The standard InChI is InChI=1S/C14H16O/c1-10(15)14(9-13(14)11-7-8-11)12-5-3-2-4-6-12/h2-6,11,13H,7-9H2,1H3. The summed E-state index contributed by atoms with van der Waals surface area (Å²) < 4.78 is 0. The van der Waals surface area contributed by atoms with Gasteiger partial charge in [-0.3, -0.25) is 4.79 Å². The molecule has 0 bridgehead atoms. The van der Waals surface area contributed by atoms with Crippen LogP contribution in [0.15, 0.2) is 30.3 Å². The highest BCUT2D eigenvalue weighted by Gasteiger charge is 2.63. The van der Waals surface area contributed by atoms with E-state index in [1.807, 2.05) is 18.2 Å². The molecule has 0 saturated heterocycles. The van der Waals surface area contributed by atoms with Crippen molar-refractivity contribution in [3.63, 3.8) is 0 Å². The number of hydrogen-bond donors (Lipinski definition) is 0. The zero-order valence-corrected chi connectivity index (χ0v) is 9.07. The zero-order chi connectivity index (χ0) is 10.5. The Morgan fingerprint density at radius 1 is 1.27 bits per heavy atom. The number of carbonyl (C=O) groups is 1. The Hall–Kier alpha value is -1.11. The number of carbonyl (C=O) groups excluding carboxylic acids is 1. The van der Waals surface area contributed by atoms with Gasteiger partial charge in [0.2, 0.25) is 0 Å². The average molecular weight is 200 g/mol. The fourth-order valence-electron chi connectivity index (χ4n) is 3.03. The summed E-state index contributed by atoms with van der Waals surface area (Å²) in [5.74, 6) is 1.86. The van der Waals surface area contributed by atoms with E-state index < -0.39 is 0 Å². The monoisotopic (exact) mass is 200 g/mol. The van der Waals surface area contributed by atoms with Crippen molar-refractivity contribution in [1.29, 1.82) is 0 Å². The summed E-state index contributed by atoms with van der Waals surface area (Å²) >= 11 is 0. The van der Waals surface area contributed by atoms with Crippen LogP contribution in [0.1, 0.15) is 31.7 Å². The second-order valence-corrected chi connectivity index (χ2v) is 5.04. The lowest BCUT2D eigenvalue weighted by molar-refractivity contribution is -0.119. The Labute approximate surface area is 90.5 Å². The molecule has 2 atom stereocenters. The van der Waals surface area contributed by atoms with Gasteiger partial charge in [0.25, 0.3) is 0 Å². The van der Waals surface area contributed by atoms with E-state index >= 15 is 0 Å². The molecule has 2 saturated carbocycles. The number of benzene rings is 1. The van der Waals surface area contributed by atoms with Gasteiger partial charge in [-0.2, -0.15) is 0 Å². The first-order valence-electron chi connectivity index (χ1n) is 5.82. The van der Waals surface area contributed by atoms with Gasteiger partial charge in [-0.15, -0.1) is 0 Å². The minimum absolute atomic E-state index is 0.0948. The van der Waals surface area contributed by atoms with Gasteiger partial charge in [0.15, 0.2) is 0 Å². The summed E-state index contributed by atoms with van der Waals surface area (Å²) in [5, 5.41) is 0. The van der Waals surface area contributed by atoms with Crippen LogP contribution in [-0.4, -0.2) is 5.78 Å². The van der Waals surface area contributed by atoms with Crippen molar-refractivity contribution in [3.05, 3.63) is 35.9 Å². The number of hydrogen-bond acceptors (Lipinski definition) is 1. The summed E-state index contributed by atoms with van der Waals surface area (Å²) in [6.07, 6.45) is 3.77. The van der Waals surface area contributed by atoms with Crippen molar-refractivity contribution in [3.8, 4) is 0 Å². The maximum absolute atomic E-state index is 11.9. The maximum atomic E-state index is 11.9. The van der Waals surface area contributed by atoms with E-state index in [2.05, 4.69) is 12.1 Å². The highest BCUT2D eigenvalue weighted by molar-refractivity contribution is 5.92. The predicted molar refractivity (Wildman–Crippen MR) is 59.6 cm³/mol. The van der Waals surface area contributed by atoms with Gasteiger partial charge in [-0.1, -0.05) is 30.3 Å². The minimum atomic E-state index is -0.0948. The van der Waals surface area contributed by atoms with Gasteiger partial charge in [-0.25, -0.2) is 0 Å². The van der Waals surface area contributed by atoms with Crippen molar-refractivity contribution in [2.75, 3.05) is 0 Å². The van der Waals surface area contributed by atoms with Crippen LogP contribution in [0, 0.1) is 11.8 Å². The molecule has 1 nitrogen and oxygen atoms in total. The van der Waals surface area contributed by atoms with E-state index in [9.17, 15) is 4.79 Å². The molecule has 2 unspecified atom stereocenters. The van der Waals surface area contributed by atoms with E-state index in [4.69, 9.17) is 0 Å². The van der Waals surface area contributed by atoms with Crippen LogP contribution < -0.4 is 0 Å². The molecule has 0 spiro atoms. The van der Waals surface area contributed by atoms with Crippen LogP contribution in [0.3, 0.4) is 0 Å². The van der Waals surface area contributed by atoms with Crippen molar-refractivity contribution < 1.29 is 4.79 Å². The van der Waals surface area contributed by atoms with E-state index in [0.717, 1.165) is 12.3 Å². The summed E-state index contributed by atoms with van der Waals surface area (Å²) in [6.45, 7) is 1.76. The first kappa shape index (κ1) is 9.14. The second kappa shape index (κ2) is 2.94. The van der Waals surface area contributed by atoms with Crippen LogP contribution >= 0.6 is 0 Å². The molecule has 2 aliphatic rings. The van der Waals surface area contributed by atoms with Gasteiger partial charge in [0.1, 0.15) is 5.78 Å². The molecule has 0 N–H and O–H groups in total. The molecule has 1 aromatic carbocycles. The Kier molecular flexibility index (Phi) is 1.79. The lowest BCUT2D eigenvalue weighted by Crippen LogP contribution is -2.20. The predicted octanol–water partition coefficient (Wildman–Crippen LogP) is 2.94. The lowest BCUT2D eigenvalue weighted by atomic mass is 9.88. The highest BCUT2D eigenvalue weighted by Crippen LogP contribution is 2.64. The Balaban J connectivity index is 1.96.